The third kappa shape index (κ3) is 13.5. The number of amides is 3. The van der Waals surface area contributed by atoms with Crippen molar-refractivity contribution in [2.45, 2.75) is 61.8 Å². The first kappa shape index (κ1) is 32.1. The molecule has 1 heterocycles. The highest BCUT2D eigenvalue weighted by Gasteiger charge is 2.25. The standard InChI is InChI=1S/C13H14N2O5.C3H9N.3C2H6/c1-8-6-9(20-7-12(17)18)2-3-10(8)15-5-4-11(16)14-13(15)19;1-3-4-2;3*1-2/h2-3,6H,4-5,7H2,1H3,(H,17,18)(H,14,16,19);4H,3H2,1-2H3;3*1-2H3. The van der Waals surface area contributed by atoms with Gasteiger partial charge in [0.05, 0.1) is 0 Å². The van der Waals surface area contributed by atoms with Gasteiger partial charge in [-0.25, -0.2) is 9.59 Å². The first-order chi connectivity index (χ1) is 14.4. The Hall–Kier alpha value is -2.61. The van der Waals surface area contributed by atoms with E-state index >= 15 is 0 Å². The van der Waals surface area contributed by atoms with E-state index in [1.165, 1.54) is 4.90 Å². The van der Waals surface area contributed by atoms with Crippen molar-refractivity contribution in [3.63, 3.8) is 0 Å². The van der Waals surface area contributed by atoms with Crippen molar-refractivity contribution in [1.82, 2.24) is 10.6 Å². The van der Waals surface area contributed by atoms with Gasteiger partial charge in [0.15, 0.2) is 6.61 Å². The molecule has 30 heavy (non-hydrogen) atoms. The molecule has 0 unspecified atom stereocenters. The van der Waals surface area contributed by atoms with Crippen LogP contribution in [0.3, 0.4) is 0 Å². The number of anilines is 1. The van der Waals surface area contributed by atoms with E-state index in [0.717, 1.165) is 12.1 Å². The molecule has 0 aliphatic carbocycles. The van der Waals surface area contributed by atoms with Crippen LogP contribution in [0.15, 0.2) is 18.2 Å². The van der Waals surface area contributed by atoms with Crippen molar-refractivity contribution in [3.8, 4) is 5.75 Å². The maximum atomic E-state index is 11.7. The first-order valence-electron chi connectivity index (χ1n) is 10.6. The Morgan fingerprint density at radius 1 is 1.17 bits per heavy atom. The second kappa shape index (κ2) is 21.1. The van der Waals surface area contributed by atoms with Crippen LogP contribution in [0.25, 0.3) is 0 Å². The van der Waals surface area contributed by atoms with Crippen molar-refractivity contribution in [3.05, 3.63) is 23.8 Å². The molecule has 8 heteroatoms. The van der Waals surface area contributed by atoms with E-state index in [1.54, 1.807) is 25.1 Å². The molecule has 0 atom stereocenters. The van der Waals surface area contributed by atoms with E-state index in [9.17, 15) is 14.4 Å². The summed E-state index contributed by atoms with van der Waals surface area (Å²) in [5.41, 5.74) is 1.43. The summed E-state index contributed by atoms with van der Waals surface area (Å²) in [7, 11) is 1.93. The third-order valence-corrected chi connectivity index (χ3v) is 3.23. The van der Waals surface area contributed by atoms with Crippen molar-refractivity contribution in [2.24, 2.45) is 0 Å². The largest absolute Gasteiger partial charge is 0.482 e. The van der Waals surface area contributed by atoms with E-state index in [4.69, 9.17) is 9.84 Å². The number of carbonyl (C=O) groups excluding carboxylic acids is 2. The summed E-state index contributed by atoms with van der Waals surface area (Å²) >= 11 is 0. The van der Waals surface area contributed by atoms with Gasteiger partial charge in [0, 0.05) is 18.7 Å². The number of imide groups is 1. The zero-order valence-electron chi connectivity index (χ0n) is 20.1. The number of nitrogens with zero attached hydrogens (tertiary/aromatic N) is 1. The van der Waals surface area contributed by atoms with Crippen LogP contribution in [0, 0.1) is 6.92 Å². The molecule has 1 aliphatic heterocycles. The van der Waals surface area contributed by atoms with Gasteiger partial charge in [-0.15, -0.1) is 0 Å². The molecule has 174 valence electrons. The van der Waals surface area contributed by atoms with E-state index in [2.05, 4.69) is 17.6 Å². The maximum absolute atomic E-state index is 11.7. The normalized spacial score (nSPS) is 11.6. The molecule has 0 bridgehead atoms. The SMILES string of the molecule is CC.CC.CC.CCNC.Cc1cc(OCC(=O)O)ccc1N1CCC(=O)NC1=O. The van der Waals surface area contributed by atoms with Crippen LogP contribution in [-0.2, 0) is 9.59 Å². The van der Waals surface area contributed by atoms with Crippen LogP contribution in [-0.4, -0.2) is 49.8 Å². The van der Waals surface area contributed by atoms with Crippen LogP contribution < -0.4 is 20.3 Å². The predicted octanol–water partition coefficient (Wildman–Crippen LogP) is 4.21. The number of urea groups is 1. The van der Waals surface area contributed by atoms with Crippen LogP contribution in [0.2, 0.25) is 0 Å². The Balaban J connectivity index is -0.000000627. The van der Waals surface area contributed by atoms with Gasteiger partial charge < -0.3 is 15.2 Å². The zero-order chi connectivity index (χ0) is 24.1. The van der Waals surface area contributed by atoms with Gasteiger partial charge in [0.25, 0.3) is 0 Å². The summed E-state index contributed by atoms with van der Waals surface area (Å²) in [6.45, 7) is 16.8. The van der Waals surface area contributed by atoms with Crippen molar-refractivity contribution < 1.29 is 24.2 Å². The second-order valence-corrected chi connectivity index (χ2v) is 5.09. The molecule has 0 aromatic heterocycles. The lowest BCUT2D eigenvalue weighted by Gasteiger charge is -2.28. The molecule has 1 aromatic carbocycles. The molecular formula is C22H41N3O5. The number of carboxylic acid groups (broad SMARTS) is 1. The lowest BCUT2D eigenvalue weighted by atomic mass is 10.1. The predicted molar refractivity (Wildman–Crippen MR) is 123 cm³/mol. The number of hydrogen-bond acceptors (Lipinski definition) is 5. The van der Waals surface area contributed by atoms with Crippen LogP contribution in [0.5, 0.6) is 5.75 Å². The smallest absolute Gasteiger partial charge is 0.341 e. The number of aliphatic carboxylic acids is 1. The molecule has 0 radical (unpaired) electrons. The van der Waals surface area contributed by atoms with E-state index in [1.807, 2.05) is 48.6 Å². The highest BCUT2D eigenvalue weighted by atomic mass is 16.5. The second-order valence-electron chi connectivity index (χ2n) is 5.09. The number of ether oxygens (including phenoxy) is 1. The number of nitrogens with one attached hydrogen (secondary N) is 2. The van der Waals surface area contributed by atoms with Gasteiger partial charge in [0.1, 0.15) is 5.75 Å². The van der Waals surface area contributed by atoms with E-state index in [-0.39, 0.29) is 12.3 Å². The molecule has 1 saturated heterocycles. The van der Waals surface area contributed by atoms with Gasteiger partial charge in [-0.3, -0.25) is 15.0 Å². The molecule has 1 aliphatic rings. The number of carboxylic acids is 1. The number of benzene rings is 1. The average molecular weight is 428 g/mol. The molecule has 2 rings (SSSR count). The van der Waals surface area contributed by atoms with Crippen molar-refractivity contribution in [1.29, 1.82) is 0 Å². The van der Waals surface area contributed by atoms with Gasteiger partial charge >= 0.3 is 12.0 Å². The number of hydrogen-bond donors (Lipinski definition) is 3. The Bertz CT molecular complexity index is 604. The summed E-state index contributed by atoms with van der Waals surface area (Å²) < 4.78 is 5.06. The number of aryl methyl sites for hydroxylation is 1. The van der Waals surface area contributed by atoms with Gasteiger partial charge in [-0.1, -0.05) is 48.5 Å². The quantitative estimate of drug-likeness (QED) is 0.650. The molecule has 0 saturated carbocycles. The van der Waals surface area contributed by atoms with E-state index in [0.29, 0.717) is 18.0 Å². The number of rotatable bonds is 5. The minimum atomic E-state index is -1.05. The Morgan fingerprint density at radius 2 is 1.70 bits per heavy atom. The van der Waals surface area contributed by atoms with Crippen LogP contribution in [0.1, 0.15) is 60.5 Å². The summed E-state index contributed by atoms with van der Waals surface area (Å²) in [5, 5.41) is 13.7. The minimum Gasteiger partial charge on any atom is -0.482 e. The highest BCUT2D eigenvalue weighted by Crippen LogP contribution is 2.26. The zero-order valence-corrected chi connectivity index (χ0v) is 20.1. The Labute approximate surface area is 182 Å². The maximum Gasteiger partial charge on any atom is 0.341 e. The minimum absolute atomic E-state index is 0.252. The summed E-state index contributed by atoms with van der Waals surface area (Å²) in [6, 6.07) is 4.46. The topological polar surface area (TPSA) is 108 Å². The molecule has 3 N–H and O–H groups in total. The molecule has 1 aromatic rings. The molecule has 3 amide bonds. The van der Waals surface area contributed by atoms with E-state index < -0.39 is 18.6 Å². The summed E-state index contributed by atoms with van der Waals surface area (Å²) in [6.07, 6.45) is 0.252. The first-order valence-corrected chi connectivity index (χ1v) is 10.6. The van der Waals surface area contributed by atoms with Gasteiger partial charge in [0.2, 0.25) is 5.91 Å². The van der Waals surface area contributed by atoms with Gasteiger partial charge in [-0.2, -0.15) is 0 Å². The average Bonchev–Trinajstić information content (AvgIpc) is 2.77. The Kier molecular flexibility index (Phi) is 22.6. The lowest BCUT2D eigenvalue weighted by Crippen LogP contribution is -2.49. The molecule has 1 fully saturated rings. The third-order valence-electron chi connectivity index (χ3n) is 3.23. The van der Waals surface area contributed by atoms with Crippen molar-refractivity contribution in [2.75, 3.05) is 31.6 Å². The fourth-order valence-corrected chi connectivity index (χ4v) is 1.96. The summed E-state index contributed by atoms with van der Waals surface area (Å²) in [4.78, 5) is 34.7. The molecule has 0 spiro atoms. The fourth-order valence-electron chi connectivity index (χ4n) is 1.96. The van der Waals surface area contributed by atoms with Crippen LogP contribution in [0.4, 0.5) is 10.5 Å². The lowest BCUT2D eigenvalue weighted by molar-refractivity contribution is -0.139. The highest BCUT2D eigenvalue weighted by molar-refractivity contribution is 6.05. The van der Waals surface area contributed by atoms with Crippen molar-refractivity contribution >= 4 is 23.6 Å². The number of carbonyl (C=O) groups is 3. The van der Waals surface area contributed by atoms with Gasteiger partial charge in [-0.05, 0) is 44.3 Å². The molecule has 8 nitrogen and oxygen atoms in total. The van der Waals surface area contributed by atoms with Crippen LogP contribution >= 0.6 is 0 Å². The Morgan fingerprint density at radius 3 is 2.10 bits per heavy atom. The summed E-state index contributed by atoms with van der Waals surface area (Å²) in [5.74, 6) is -0.923. The fraction of sp³-hybridized carbons (Fsp3) is 0.591. The molecular weight excluding hydrogens is 386 g/mol. The monoisotopic (exact) mass is 427 g/mol.